The molecule has 19 heavy (non-hydrogen) atoms. The van der Waals surface area contributed by atoms with Gasteiger partial charge in [-0.2, -0.15) is 9.78 Å². The van der Waals surface area contributed by atoms with Crippen molar-refractivity contribution in [2.75, 3.05) is 6.26 Å². The summed E-state index contributed by atoms with van der Waals surface area (Å²) in [7, 11) is 0. The topological polar surface area (TPSA) is 86.2 Å². The molecule has 0 spiro atoms. The average Bonchev–Trinajstić information content (AvgIpc) is 2.77. The van der Waals surface area contributed by atoms with Crippen LogP contribution in [0.1, 0.15) is 11.4 Å². The van der Waals surface area contributed by atoms with Gasteiger partial charge in [0.2, 0.25) is 5.16 Å². The minimum Gasteiger partial charge on any atom is -0.258 e. The number of nitro benzene ring substituents is 1. The van der Waals surface area contributed by atoms with Gasteiger partial charge in [-0.15, -0.1) is 10.2 Å². The van der Waals surface area contributed by atoms with Crippen LogP contribution in [-0.4, -0.2) is 32.3 Å². The Bertz CT molecular complexity index is 638. The van der Waals surface area contributed by atoms with Crippen LogP contribution in [-0.2, 0) is 0 Å². The molecular formula is C11H11N5O2S. The minimum absolute atomic E-state index is 0.0164. The van der Waals surface area contributed by atoms with Crippen LogP contribution < -0.4 is 0 Å². The molecule has 0 fully saturated rings. The molecule has 0 bridgehead atoms. The van der Waals surface area contributed by atoms with Crippen LogP contribution >= 0.6 is 11.8 Å². The lowest BCUT2D eigenvalue weighted by Crippen LogP contribution is -1.98. The molecule has 0 saturated carbocycles. The highest BCUT2D eigenvalue weighted by Crippen LogP contribution is 2.17. The Morgan fingerprint density at radius 2 is 2.16 bits per heavy atom. The lowest BCUT2D eigenvalue weighted by Gasteiger charge is -1.99. The summed E-state index contributed by atoms with van der Waals surface area (Å²) in [5.74, 6) is 0.624. The third-order valence-electron chi connectivity index (χ3n) is 2.40. The molecule has 1 heterocycles. The van der Waals surface area contributed by atoms with E-state index in [-0.39, 0.29) is 5.69 Å². The molecule has 0 unspecified atom stereocenters. The van der Waals surface area contributed by atoms with E-state index in [1.807, 2.05) is 6.26 Å². The van der Waals surface area contributed by atoms with E-state index < -0.39 is 4.92 Å². The fourth-order valence-electron chi connectivity index (χ4n) is 1.48. The first-order chi connectivity index (χ1) is 9.13. The van der Waals surface area contributed by atoms with Crippen LogP contribution in [0.4, 0.5) is 5.69 Å². The lowest BCUT2D eigenvalue weighted by atomic mass is 10.2. The van der Waals surface area contributed by atoms with Gasteiger partial charge in [-0.25, -0.2) is 0 Å². The van der Waals surface area contributed by atoms with Crippen molar-refractivity contribution in [2.45, 2.75) is 12.1 Å². The van der Waals surface area contributed by atoms with Gasteiger partial charge in [0.25, 0.3) is 5.69 Å². The van der Waals surface area contributed by atoms with Crippen LogP contribution in [0.25, 0.3) is 0 Å². The van der Waals surface area contributed by atoms with Crippen LogP contribution in [0.15, 0.2) is 34.5 Å². The van der Waals surface area contributed by atoms with Gasteiger partial charge in [0.05, 0.1) is 16.7 Å². The summed E-state index contributed by atoms with van der Waals surface area (Å²) in [4.78, 5) is 10.4. The summed E-state index contributed by atoms with van der Waals surface area (Å²) in [6.07, 6.45) is 3.30. The second-order valence-corrected chi connectivity index (χ2v) is 4.38. The summed E-state index contributed by atoms with van der Waals surface area (Å²) in [5.41, 5.74) is 0.454. The van der Waals surface area contributed by atoms with Crippen molar-refractivity contribution in [3.63, 3.8) is 0 Å². The summed E-state index contributed by atoms with van der Waals surface area (Å²) in [6.45, 7) is 1.77. The fraction of sp³-hybridized carbons (Fsp3) is 0.182. The van der Waals surface area contributed by atoms with E-state index in [1.54, 1.807) is 29.8 Å². The number of hydrogen-bond acceptors (Lipinski definition) is 6. The van der Waals surface area contributed by atoms with E-state index in [4.69, 9.17) is 0 Å². The Labute approximate surface area is 113 Å². The highest BCUT2D eigenvalue weighted by Gasteiger charge is 2.11. The molecule has 0 aliphatic carbocycles. The van der Waals surface area contributed by atoms with Crippen LogP contribution in [0, 0.1) is 17.0 Å². The highest BCUT2D eigenvalue weighted by atomic mass is 32.2. The van der Waals surface area contributed by atoms with Crippen LogP contribution in [0.5, 0.6) is 0 Å². The molecule has 0 aliphatic rings. The molecule has 2 rings (SSSR count). The third-order valence-corrected chi connectivity index (χ3v) is 3.02. The molecule has 0 saturated heterocycles. The summed E-state index contributed by atoms with van der Waals surface area (Å²) in [6, 6.07) is 6.42. The third kappa shape index (κ3) is 2.79. The molecule has 0 radical (unpaired) electrons. The zero-order valence-corrected chi connectivity index (χ0v) is 11.2. The predicted molar refractivity (Wildman–Crippen MR) is 72.6 cm³/mol. The van der Waals surface area contributed by atoms with Crippen molar-refractivity contribution in [3.8, 4) is 0 Å². The molecular weight excluding hydrogens is 266 g/mol. The molecule has 98 valence electrons. The Kier molecular flexibility index (Phi) is 3.91. The first-order valence-electron chi connectivity index (χ1n) is 5.37. The number of nitro groups is 1. The SMILES string of the molecule is CSc1nnc(C)n1/N=C\c1ccccc1[N+](=O)[O-]. The van der Waals surface area contributed by atoms with E-state index in [0.717, 1.165) is 0 Å². The van der Waals surface area contributed by atoms with Crippen molar-refractivity contribution in [1.82, 2.24) is 14.9 Å². The maximum Gasteiger partial charge on any atom is 0.278 e. The van der Waals surface area contributed by atoms with Gasteiger partial charge in [0, 0.05) is 6.07 Å². The second-order valence-electron chi connectivity index (χ2n) is 3.61. The van der Waals surface area contributed by atoms with Crippen LogP contribution in [0.2, 0.25) is 0 Å². The van der Waals surface area contributed by atoms with Gasteiger partial charge >= 0.3 is 0 Å². The van der Waals surface area contributed by atoms with Gasteiger partial charge in [-0.1, -0.05) is 23.9 Å². The monoisotopic (exact) mass is 277 g/mol. The van der Waals surface area contributed by atoms with Gasteiger partial charge in [-0.3, -0.25) is 10.1 Å². The number of thioether (sulfide) groups is 1. The molecule has 8 heteroatoms. The van der Waals surface area contributed by atoms with Gasteiger partial charge in [0.15, 0.2) is 5.82 Å². The Morgan fingerprint density at radius 3 is 2.84 bits per heavy atom. The zero-order valence-electron chi connectivity index (χ0n) is 10.3. The maximum absolute atomic E-state index is 10.9. The fourth-order valence-corrected chi connectivity index (χ4v) is 1.96. The van der Waals surface area contributed by atoms with Gasteiger partial charge < -0.3 is 0 Å². The average molecular weight is 277 g/mol. The number of nitrogens with zero attached hydrogens (tertiary/aromatic N) is 5. The largest absolute Gasteiger partial charge is 0.278 e. The normalized spacial score (nSPS) is 11.1. The summed E-state index contributed by atoms with van der Waals surface area (Å²) in [5, 5.41) is 23.5. The minimum atomic E-state index is -0.435. The Morgan fingerprint density at radius 1 is 1.42 bits per heavy atom. The van der Waals surface area contributed by atoms with Crippen molar-refractivity contribution in [1.29, 1.82) is 0 Å². The molecule has 1 aromatic heterocycles. The maximum atomic E-state index is 10.9. The van der Waals surface area contributed by atoms with Crippen LogP contribution in [0.3, 0.4) is 0 Å². The molecule has 0 amide bonds. The first-order valence-corrected chi connectivity index (χ1v) is 6.59. The zero-order chi connectivity index (χ0) is 13.8. The summed E-state index contributed by atoms with van der Waals surface area (Å²) >= 11 is 1.40. The number of rotatable bonds is 4. The van der Waals surface area contributed by atoms with Gasteiger partial charge in [0.1, 0.15) is 0 Å². The van der Waals surface area contributed by atoms with Crippen molar-refractivity contribution in [2.24, 2.45) is 5.10 Å². The molecule has 2 aromatic rings. The number of benzene rings is 1. The molecule has 1 aromatic carbocycles. The second kappa shape index (κ2) is 5.61. The predicted octanol–water partition coefficient (Wildman–Crippen LogP) is 2.10. The van der Waals surface area contributed by atoms with E-state index >= 15 is 0 Å². The molecule has 7 nitrogen and oxygen atoms in total. The summed E-state index contributed by atoms with van der Waals surface area (Å²) < 4.78 is 1.54. The molecule has 0 N–H and O–H groups in total. The number of hydrogen-bond donors (Lipinski definition) is 0. The standard InChI is InChI=1S/C11H11N5O2S/c1-8-13-14-11(19-2)15(8)12-7-9-5-3-4-6-10(9)16(17)18/h3-7H,1-2H3/b12-7-. The lowest BCUT2D eigenvalue weighted by molar-refractivity contribution is -0.385. The first kappa shape index (κ1) is 13.2. The van der Waals surface area contributed by atoms with Crippen molar-refractivity contribution < 1.29 is 4.92 Å². The smallest absolute Gasteiger partial charge is 0.258 e. The van der Waals surface area contributed by atoms with E-state index in [1.165, 1.54) is 24.0 Å². The number of aryl methyl sites for hydroxylation is 1. The highest BCUT2D eigenvalue weighted by molar-refractivity contribution is 7.98. The van der Waals surface area contributed by atoms with E-state index in [0.29, 0.717) is 16.5 Å². The number of para-hydroxylation sites is 1. The van der Waals surface area contributed by atoms with Crippen molar-refractivity contribution in [3.05, 3.63) is 45.8 Å². The molecule has 0 aliphatic heterocycles. The van der Waals surface area contributed by atoms with E-state index in [9.17, 15) is 10.1 Å². The Hall–Kier alpha value is -2.22. The van der Waals surface area contributed by atoms with E-state index in [2.05, 4.69) is 15.3 Å². The quantitative estimate of drug-likeness (QED) is 0.369. The van der Waals surface area contributed by atoms with Crippen molar-refractivity contribution >= 4 is 23.7 Å². The molecule has 0 atom stereocenters. The number of aromatic nitrogens is 3. The Balaban J connectivity index is 2.38. The van der Waals surface area contributed by atoms with Gasteiger partial charge in [-0.05, 0) is 19.2 Å².